The molecule has 6 atom stereocenters. The van der Waals surface area contributed by atoms with Gasteiger partial charge in [0.15, 0.2) is 0 Å². The van der Waals surface area contributed by atoms with Crippen molar-refractivity contribution >= 4 is 24.0 Å². The molecule has 0 bridgehead atoms. The third-order valence-corrected chi connectivity index (χ3v) is 9.83. The number of alkyl carbamates (subject to hydrolysis) is 2. The molecular weight excluding hydrogens is 656 g/mol. The van der Waals surface area contributed by atoms with Gasteiger partial charge in [-0.15, -0.1) is 0 Å². The van der Waals surface area contributed by atoms with E-state index in [4.69, 9.17) is 9.47 Å². The minimum atomic E-state index is -0.788. The van der Waals surface area contributed by atoms with Gasteiger partial charge < -0.3 is 45.0 Å². The van der Waals surface area contributed by atoms with Crippen molar-refractivity contribution in [3.8, 4) is 22.5 Å². The van der Waals surface area contributed by atoms with Crippen LogP contribution in [0.3, 0.4) is 0 Å². The molecule has 4 heterocycles. The van der Waals surface area contributed by atoms with Crippen molar-refractivity contribution in [2.24, 2.45) is 23.7 Å². The molecule has 51 heavy (non-hydrogen) atoms. The van der Waals surface area contributed by atoms with Gasteiger partial charge in [0.05, 0.1) is 50.1 Å². The molecule has 2 aliphatic rings. The number of hydrogen-bond acceptors (Lipinski definition) is 9. The molecule has 0 aliphatic carbocycles. The fraction of sp³-hybridized carbons (Fsp3) is 0.556. The van der Waals surface area contributed by atoms with Gasteiger partial charge in [-0.3, -0.25) is 9.59 Å². The largest absolute Gasteiger partial charge is 0.453 e. The van der Waals surface area contributed by atoms with Crippen LogP contribution in [0.4, 0.5) is 9.59 Å². The molecule has 0 saturated carbocycles. The number of nitrogens with zero attached hydrogens (tertiary/aromatic N) is 4. The van der Waals surface area contributed by atoms with Gasteiger partial charge in [0.25, 0.3) is 0 Å². The van der Waals surface area contributed by atoms with Crippen LogP contribution in [0.15, 0.2) is 36.7 Å². The quantitative estimate of drug-likeness (QED) is 0.196. The first-order valence-electron chi connectivity index (χ1n) is 17.5. The van der Waals surface area contributed by atoms with Crippen molar-refractivity contribution in [3.63, 3.8) is 0 Å². The molecule has 0 unspecified atom stereocenters. The average molecular weight is 707 g/mol. The zero-order valence-electron chi connectivity index (χ0n) is 30.3. The van der Waals surface area contributed by atoms with E-state index in [1.807, 2.05) is 52.0 Å². The molecule has 5 N–H and O–H groups in total. The summed E-state index contributed by atoms with van der Waals surface area (Å²) < 4.78 is 9.50. The molecule has 2 aliphatic heterocycles. The number of carbonyl (C=O) groups excluding carboxylic acids is 4. The van der Waals surface area contributed by atoms with Crippen LogP contribution in [-0.2, 0) is 19.1 Å². The molecule has 2 aromatic heterocycles. The van der Waals surface area contributed by atoms with Crippen molar-refractivity contribution in [1.82, 2.24) is 40.4 Å². The number of likely N-dealkylation sites (tertiary alicyclic amines) is 2. The Labute approximate surface area is 297 Å². The fourth-order valence-corrected chi connectivity index (χ4v) is 7.00. The monoisotopic (exact) mass is 706 g/mol. The Morgan fingerprint density at radius 2 is 1.22 bits per heavy atom. The van der Waals surface area contributed by atoms with Gasteiger partial charge in [-0.2, -0.15) is 0 Å². The van der Waals surface area contributed by atoms with Crippen LogP contribution in [0, 0.1) is 23.7 Å². The number of methoxy groups -OCH3 is 2. The van der Waals surface area contributed by atoms with Crippen molar-refractivity contribution < 1.29 is 33.8 Å². The van der Waals surface area contributed by atoms with Crippen LogP contribution >= 0.6 is 0 Å². The van der Waals surface area contributed by atoms with Gasteiger partial charge in [0.1, 0.15) is 23.7 Å². The van der Waals surface area contributed by atoms with E-state index in [9.17, 15) is 24.3 Å². The Bertz CT molecular complexity index is 1690. The highest BCUT2D eigenvalue weighted by Gasteiger charge is 2.42. The molecule has 15 nitrogen and oxygen atoms in total. The predicted molar refractivity (Wildman–Crippen MR) is 188 cm³/mol. The van der Waals surface area contributed by atoms with E-state index in [0.717, 1.165) is 28.9 Å². The van der Waals surface area contributed by atoms with Crippen LogP contribution in [0.5, 0.6) is 0 Å². The summed E-state index contributed by atoms with van der Waals surface area (Å²) in [7, 11) is 2.53. The van der Waals surface area contributed by atoms with Crippen LogP contribution in [0.1, 0.15) is 71.2 Å². The lowest BCUT2D eigenvalue weighted by Gasteiger charge is -2.30. The summed E-state index contributed by atoms with van der Waals surface area (Å²) >= 11 is 0. The number of aliphatic hydroxyl groups excluding tert-OH is 1. The summed E-state index contributed by atoms with van der Waals surface area (Å²) in [4.78, 5) is 70.9. The van der Waals surface area contributed by atoms with Crippen LogP contribution in [0.25, 0.3) is 22.5 Å². The van der Waals surface area contributed by atoms with Crippen molar-refractivity contribution in [2.45, 2.75) is 71.6 Å². The smallest absolute Gasteiger partial charge is 0.407 e. The Hall–Kier alpha value is -4.92. The highest BCUT2D eigenvalue weighted by molar-refractivity contribution is 5.87. The van der Waals surface area contributed by atoms with Gasteiger partial charge in [0.2, 0.25) is 11.8 Å². The van der Waals surface area contributed by atoms with Gasteiger partial charge in [-0.1, -0.05) is 58.9 Å². The lowest BCUT2D eigenvalue weighted by Crippen LogP contribution is -2.51. The Balaban J connectivity index is 1.31. The number of rotatable bonds is 11. The van der Waals surface area contributed by atoms with Crippen LogP contribution < -0.4 is 10.6 Å². The predicted octanol–water partition coefficient (Wildman–Crippen LogP) is 4.02. The molecule has 4 amide bonds. The Kier molecular flexibility index (Phi) is 11.7. The van der Waals surface area contributed by atoms with Crippen LogP contribution in [0.2, 0.25) is 0 Å². The van der Waals surface area contributed by atoms with E-state index in [-0.39, 0.29) is 48.1 Å². The fourth-order valence-electron chi connectivity index (χ4n) is 7.00. The van der Waals surface area contributed by atoms with E-state index >= 15 is 0 Å². The molecule has 2 saturated heterocycles. The van der Waals surface area contributed by atoms with E-state index < -0.39 is 30.3 Å². The minimum absolute atomic E-state index is 0.0689. The average Bonchev–Trinajstić information content (AvgIpc) is 3.94. The summed E-state index contributed by atoms with van der Waals surface area (Å²) in [5.41, 5.74) is 3.37. The third kappa shape index (κ3) is 8.19. The maximum Gasteiger partial charge on any atom is 0.407 e. The zero-order chi connectivity index (χ0) is 37.0. The number of ether oxygens (including phenoxy) is 2. The molecule has 3 aromatic rings. The summed E-state index contributed by atoms with van der Waals surface area (Å²) in [5.74, 6) is 0.687. The van der Waals surface area contributed by atoms with E-state index in [2.05, 4.69) is 37.5 Å². The molecule has 0 spiro atoms. The zero-order valence-corrected chi connectivity index (χ0v) is 30.3. The number of aliphatic hydroxyl groups is 1. The van der Waals surface area contributed by atoms with E-state index in [1.54, 1.807) is 22.2 Å². The first-order valence-corrected chi connectivity index (χ1v) is 17.5. The number of H-pyrrole nitrogens is 2. The number of nitrogens with one attached hydrogen (secondary N) is 4. The summed E-state index contributed by atoms with van der Waals surface area (Å²) in [6, 6.07) is 5.72. The van der Waals surface area contributed by atoms with Crippen LogP contribution in [-0.4, -0.2) is 105 Å². The highest BCUT2D eigenvalue weighted by atomic mass is 16.5. The molecular formula is C36H50N8O7. The number of aromatic nitrogens is 4. The second kappa shape index (κ2) is 16.0. The maximum absolute atomic E-state index is 13.7. The molecule has 15 heteroatoms. The van der Waals surface area contributed by atoms with E-state index in [0.29, 0.717) is 31.2 Å². The number of imidazole rings is 2. The molecule has 0 radical (unpaired) electrons. The lowest BCUT2D eigenvalue weighted by atomic mass is 10.0. The molecule has 276 valence electrons. The number of aromatic amines is 2. The maximum atomic E-state index is 13.7. The van der Waals surface area contributed by atoms with Crippen molar-refractivity contribution in [1.29, 1.82) is 0 Å². The first-order chi connectivity index (χ1) is 24.3. The summed E-state index contributed by atoms with van der Waals surface area (Å²) in [6.07, 6.45) is 3.44. The molecule has 5 rings (SSSR count). The normalized spacial score (nSPS) is 21.5. The molecule has 2 fully saturated rings. The van der Waals surface area contributed by atoms with Gasteiger partial charge in [-0.05, 0) is 41.7 Å². The SMILES string of the molecule is COC(=O)N[C@H](C(=O)N1C[C@@H](C)C[C@H]1c1ncc(-c2ccc(-c3cnc([C@@H]4C[C@H](CO)CN4C(=O)[C@@H](NC(=O)OC)C(C)C)[nH]3)cc2)[nH]1)C(C)C. The number of amides is 4. The summed E-state index contributed by atoms with van der Waals surface area (Å²) in [5, 5.41) is 15.3. The van der Waals surface area contributed by atoms with Gasteiger partial charge >= 0.3 is 12.2 Å². The van der Waals surface area contributed by atoms with E-state index in [1.165, 1.54) is 14.2 Å². The Morgan fingerprint density at radius 1 is 0.784 bits per heavy atom. The molecule has 1 aromatic carbocycles. The topological polar surface area (TPSA) is 195 Å². The minimum Gasteiger partial charge on any atom is -0.453 e. The van der Waals surface area contributed by atoms with Crippen molar-refractivity contribution in [2.75, 3.05) is 33.9 Å². The van der Waals surface area contributed by atoms with Crippen molar-refractivity contribution in [3.05, 3.63) is 48.3 Å². The second-order valence-corrected chi connectivity index (χ2v) is 14.3. The lowest BCUT2D eigenvalue weighted by molar-refractivity contribution is -0.136. The van der Waals surface area contributed by atoms with Gasteiger partial charge in [-0.25, -0.2) is 19.6 Å². The highest BCUT2D eigenvalue weighted by Crippen LogP contribution is 2.37. The standard InChI is InChI=1S/C36H50N8O7/c1-19(2)29(41-35(48)50-6)33(46)43-16-21(5)12-27(43)31-37-14-25(39-31)23-8-10-24(11-9-23)26-15-38-32(40-26)28-13-22(18-45)17-44(28)34(47)30(20(3)4)42-36(49)51-7/h8-11,14-15,19-22,27-30,45H,12-13,16-18H2,1-7H3,(H,37,39)(H,38,40)(H,41,48)(H,42,49)/t21-,22-,27-,28-,29-,30-/m0/s1. The number of benzene rings is 1. The summed E-state index contributed by atoms with van der Waals surface area (Å²) in [6.45, 7) is 10.4. The Morgan fingerprint density at radius 3 is 1.63 bits per heavy atom. The van der Waals surface area contributed by atoms with Gasteiger partial charge in [0, 0.05) is 25.6 Å². The number of carbonyl (C=O) groups is 4. The second-order valence-electron chi connectivity index (χ2n) is 14.3. The first kappa shape index (κ1) is 37.3. The third-order valence-electron chi connectivity index (χ3n) is 9.83. The number of hydrogen-bond donors (Lipinski definition) is 5.